The lowest BCUT2D eigenvalue weighted by Gasteiger charge is -2.47. The molecule has 1 spiro atoms. The molecule has 2 aliphatic heterocycles. The van der Waals surface area contributed by atoms with Gasteiger partial charge < -0.3 is 9.72 Å². The van der Waals surface area contributed by atoms with E-state index in [9.17, 15) is 12.8 Å². The number of rotatable bonds is 5. The lowest BCUT2D eigenvalue weighted by molar-refractivity contribution is 0.101. The first-order valence-electron chi connectivity index (χ1n) is 11.7. The van der Waals surface area contributed by atoms with Crippen LogP contribution in [-0.2, 0) is 16.8 Å². The van der Waals surface area contributed by atoms with Crippen LogP contribution in [-0.4, -0.2) is 60.9 Å². The van der Waals surface area contributed by atoms with Crippen molar-refractivity contribution in [2.75, 3.05) is 31.0 Å². The fourth-order valence-corrected chi connectivity index (χ4v) is 7.41. The van der Waals surface area contributed by atoms with Crippen molar-refractivity contribution in [1.29, 1.82) is 0 Å². The highest BCUT2D eigenvalue weighted by Crippen LogP contribution is 2.44. The maximum absolute atomic E-state index is 14.0. The quantitative estimate of drug-likeness (QED) is 0.589. The number of aromatic nitrogens is 1. The Labute approximate surface area is 200 Å². The van der Waals surface area contributed by atoms with Crippen molar-refractivity contribution >= 4 is 26.8 Å². The Bertz CT molecular complexity index is 1310. The minimum absolute atomic E-state index is 0.145. The van der Waals surface area contributed by atoms with Gasteiger partial charge in [-0.15, -0.1) is 0 Å². The maximum Gasteiger partial charge on any atom is 0.304 e. The van der Waals surface area contributed by atoms with Gasteiger partial charge in [0.15, 0.2) is 0 Å². The van der Waals surface area contributed by atoms with E-state index in [1.165, 1.54) is 26.3 Å². The Balaban J connectivity index is 1.41. The summed E-state index contributed by atoms with van der Waals surface area (Å²) in [5.74, 6) is 0.417. The van der Waals surface area contributed by atoms with Gasteiger partial charge in [0, 0.05) is 49.8 Å². The molecule has 1 aromatic heterocycles. The first kappa shape index (κ1) is 23.1. The number of hydrogen-bond donors (Lipinski definition) is 1. The summed E-state index contributed by atoms with van der Waals surface area (Å²) in [4.78, 5) is 5.75. The summed E-state index contributed by atoms with van der Waals surface area (Å²) >= 11 is 0. The summed E-state index contributed by atoms with van der Waals surface area (Å²) in [5, 5.41) is 1.14. The number of hydrogen-bond acceptors (Lipinski definition) is 4. The van der Waals surface area contributed by atoms with Crippen molar-refractivity contribution in [1.82, 2.24) is 14.2 Å². The van der Waals surface area contributed by atoms with Gasteiger partial charge in [0.25, 0.3) is 0 Å². The third-order valence-corrected chi connectivity index (χ3v) is 9.18. The number of anilines is 1. The zero-order valence-electron chi connectivity index (χ0n) is 19.8. The minimum atomic E-state index is -3.71. The van der Waals surface area contributed by atoms with Crippen LogP contribution in [0.4, 0.5) is 10.1 Å². The molecule has 0 amide bonds. The van der Waals surface area contributed by atoms with Crippen LogP contribution in [0.5, 0.6) is 5.75 Å². The van der Waals surface area contributed by atoms with Crippen molar-refractivity contribution in [2.24, 2.45) is 0 Å². The molecule has 2 fully saturated rings. The minimum Gasteiger partial charge on any atom is -0.494 e. The van der Waals surface area contributed by atoms with E-state index in [0.717, 1.165) is 29.7 Å². The first-order valence-corrected chi connectivity index (χ1v) is 13.1. The molecule has 0 saturated carbocycles. The molecule has 0 radical (unpaired) electrons. The second-order valence-corrected chi connectivity index (χ2v) is 11.3. The molecular weight excluding hydrogens is 455 g/mol. The van der Waals surface area contributed by atoms with Gasteiger partial charge in [-0.1, -0.05) is 6.07 Å². The van der Waals surface area contributed by atoms with Crippen LogP contribution >= 0.6 is 0 Å². The summed E-state index contributed by atoms with van der Waals surface area (Å²) in [6, 6.07) is 12.1. The molecule has 3 aromatic rings. The van der Waals surface area contributed by atoms with Gasteiger partial charge in [-0.05, 0) is 68.7 Å². The third kappa shape index (κ3) is 3.85. The molecule has 1 N–H and O–H groups in total. The number of piperidine rings is 1. The number of H-pyrrole nitrogens is 1. The van der Waals surface area contributed by atoms with Gasteiger partial charge in [0.1, 0.15) is 11.6 Å². The van der Waals surface area contributed by atoms with E-state index in [1.54, 1.807) is 19.2 Å². The van der Waals surface area contributed by atoms with Crippen LogP contribution in [0.1, 0.15) is 32.3 Å². The second-order valence-electron chi connectivity index (χ2n) is 9.46. The van der Waals surface area contributed by atoms with Gasteiger partial charge in [0.2, 0.25) is 0 Å². The van der Waals surface area contributed by atoms with Crippen molar-refractivity contribution < 1.29 is 17.5 Å². The lowest BCUT2D eigenvalue weighted by atomic mass is 9.82. The Hall–Kier alpha value is -2.62. The summed E-state index contributed by atoms with van der Waals surface area (Å²) in [6.45, 7) is 6.64. The summed E-state index contributed by atoms with van der Waals surface area (Å²) in [5.41, 5.74) is 2.06. The second kappa shape index (κ2) is 8.55. The number of halogens is 1. The van der Waals surface area contributed by atoms with Crippen LogP contribution < -0.4 is 9.04 Å². The molecule has 3 heterocycles. The molecule has 34 heavy (non-hydrogen) atoms. The van der Waals surface area contributed by atoms with E-state index in [4.69, 9.17) is 4.74 Å². The van der Waals surface area contributed by atoms with E-state index in [0.29, 0.717) is 31.7 Å². The lowest BCUT2D eigenvalue weighted by Crippen LogP contribution is -2.57. The average molecular weight is 487 g/mol. The Morgan fingerprint density at radius 1 is 1.24 bits per heavy atom. The number of benzene rings is 2. The summed E-state index contributed by atoms with van der Waals surface area (Å²) < 4.78 is 49.1. The molecule has 7 nitrogen and oxygen atoms in total. The molecule has 2 saturated heterocycles. The predicted octanol–water partition coefficient (Wildman–Crippen LogP) is 4.13. The zero-order chi connectivity index (χ0) is 24.1. The Morgan fingerprint density at radius 2 is 2.06 bits per heavy atom. The number of likely N-dealkylation sites (N-methyl/N-ethyl adjacent to an activating group) is 1. The molecule has 5 rings (SSSR count). The fourth-order valence-electron chi connectivity index (χ4n) is 5.63. The molecule has 2 atom stereocenters. The fraction of sp³-hybridized carbons (Fsp3) is 0.440. The number of fused-ring (bicyclic) bond motifs is 1. The highest BCUT2D eigenvalue weighted by molar-refractivity contribution is 7.90. The van der Waals surface area contributed by atoms with Crippen molar-refractivity contribution in [3.63, 3.8) is 0 Å². The molecule has 182 valence electrons. The molecule has 2 aromatic carbocycles. The number of nitrogens with one attached hydrogen (secondary N) is 1. The predicted molar refractivity (Wildman–Crippen MR) is 132 cm³/mol. The molecule has 0 bridgehead atoms. The number of aromatic amines is 1. The highest BCUT2D eigenvalue weighted by Gasteiger charge is 2.55. The summed E-state index contributed by atoms with van der Waals surface area (Å²) in [7, 11) is -2.10. The van der Waals surface area contributed by atoms with Gasteiger partial charge in [-0.3, -0.25) is 9.21 Å². The highest BCUT2D eigenvalue weighted by atomic mass is 32.2. The van der Waals surface area contributed by atoms with Gasteiger partial charge in [-0.2, -0.15) is 12.7 Å². The molecule has 0 aliphatic carbocycles. The topological polar surface area (TPSA) is 68.9 Å². The zero-order valence-corrected chi connectivity index (χ0v) is 20.6. The van der Waals surface area contributed by atoms with E-state index in [1.807, 2.05) is 25.3 Å². The van der Waals surface area contributed by atoms with Crippen LogP contribution in [0.3, 0.4) is 0 Å². The number of ether oxygens (including phenoxy) is 1. The van der Waals surface area contributed by atoms with Gasteiger partial charge in [0.05, 0.1) is 17.8 Å². The normalized spacial score (nSPS) is 25.4. The largest absolute Gasteiger partial charge is 0.494 e. The molecule has 2 aliphatic rings. The van der Waals surface area contributed by atoms with E-state index in [2.05, 4.69) is 22.9 Å². The number of nitrogens with zero attached hydrogens (tertiary/aromatic N) is 3. The summed E-state index contributed by atoms with van der Waals surface area (Å²) in [6.07, 6.45) is 3.38. The van der Waals surface area contributed by atoms with E-state index >= 15 is 0 Å². The smallest absolute Gasteiger partial charge is 0.304 e. The molecular formula is C25H31FN4O3S. The Morgan fingerprint density at radius 3 is 2.79 bits per heavy atom. The Kier molecular flexibility index (Phi) is 5.82. The third-order valence-electron chi connectivity index (χ3n) is 7.20. The first-order chi connectivity index (χ1) is 16.2. The van der Waals surface area contributed by atoms with E-state index < -0.39 is 21.6 Å². The molecule has 0 unspecified atom stereocenters. The van der Waals surface area contributed by atoms with Crippen molar-refractivity contribution in [3.05, 3.63) is 60.0 Å². The van der Waals surface area contributed by atoms with Crippen LogP contribution in [0.2, 0.25) is 0 Å². The van der Waals surface area contributed by atoms with E-state index in [-0.39, 0.29) is 6.04 Å². The van der Waals surface area contributed by atoms with Crippen LogP contribution in [0.15, 0.2) is 48.7 Å². The maximum atomic E-state index is 14.0. The van der Waals surface area contributed by atoms with Crippen LogP contribution in [0.25, 0.3) is 10.9 Å². The molecule has 9 heteroatoms. The van der Waals surface area contributed by atoms with Gasteiger partial charge >= 0.3 is 10.2 Å². The SMILES string of the molecule is CCOc1ccc2[nH]cc(CN3CC[C@@]4(C[C@@H]3C)CN(C)S(=O)(=O)N4c3cccc(F)c3)c2c1. The van der Waals surface area contributed by atoms with Gasteiger partial charge in [-0.25, -0.2) is 4.39 Å². The number of likely N-dealkylation sites (tertiary alicyclic amines) is 1. The average Bonchev–Trinajstić information content (AvgIpc) is 3.26. The van der Waals surface area contributed by atoms with Crippen LogP contribution in [0, 0.1) is 5.82 Å². The van der Waals surface area contributed by atoms with Crippen molar-refractivity contribution in [2.45, 2.75) is 44.8 Å². The standard InChI is InChI=1S/C25H31FN4O3S/c1-4-33-22-8-9-24-23(13-22)19(15-27-24)16-29-11-10-25(14-18(29)2)17-28(3)34(31,32)30(25)21-7-5-6-20(26)12-21/h5-9,12-13,15,18,27H,4,10-11,14,16-17H2,1-3H3/t18-,25+/m0/s1. The van der Waals surface area contributed by atoms with Crippen molar-refractivity contribution in [3.8, 4) is 5.75 Å². The monoisotopic (exact) mass is 486 g/mol.